The third-order valence-corrected chi connectivity index (χ3v) is 6.18. The van der Waals surface area contributed by atoms with Gasteiger partial charge in [0.25, 0.3) is 5.60 Å². The Labute approximate surface area is 196 Å². The summed E-state index contributed by atoms with van der Waals surface area (Å²) in [5, 5.41) is 3.33. The third kappa shape index (κ3) is 5.20. The first-order valence-electron chi connectivity index (χ1n) is 11.4. The Morgan fingerprint density at radius 3 is 2.21 bits per heavy atom. The molecule has 0 radical (unpaired) electrons. The molecule has 2 aromatic carbocycles. The molecule has 3 nitrogen and oxygen atoms in total. The summed E-state index contributed by atoms with van der Waals surface area (Å²) in [6.45, 7) is 6.24. The molecule has 0 aliphatic carbocycles. The molecule has 1 saturated heterocycles. The molecule has 0 spiro atoms. The maximum atomic E-state index is 14.3. The second kappa shape index (κ2) is 10.2. The van der Waals surface area contributed by atoms with Crippen LogP contribution in [0.1, 0.15) is 43.9 Å². The van der Waals surface area contributed by atoms with Crippen LogP contribution >= 0.6 is 0 Å². The molecule has 2 aromatic rings. The van der Waals surface area contributed by atoms with Crippen molar-refractivity contribution in [3.63, 3.8) is 0 Å². The lowest BCUT2D eigenvalue weighted by molar-refractivity contribution is -0.392. The average Bonchev–Trinajstić information content (AvgIpc) is 2.75. The van der Waals surface area contributed by atoms with Gasteiger partial charge in [0.15, 0.2) is 0 Å². The fourth-order valence-corrected chi connectivity index (χ4v) is 4.41. The van der Waals surface area contributed by atoms with E-state index < -0.39 is 30.1 Å². The number of piperazine rings is 1. The Kier molecular flexibility index (Phi) is 7.87. The minimum Gasteiger partial charge on any atom is -0.366 e. The molecule has 34 heavy (non-hydrogen) atoms. The Hall–Kier alpha value is -2.26. The van der Waals surface area contributed by atoms with Gasteiger partial charge in [-0.05, 0) is 37.5 Å². The van der Waals surface area contributed by atoms with E-state index in [0.717, 1.165) is 12.1 Å². The lowest BCUT2D eigenvalue weighted by atomic mass is 9.88. The summed E-state index contributed by atoms with van der Waals surface area (Å²) in [6, 6.07) is 11.1. The Morgan fingerprint density at radius 1 is 0.971 bits per heavy atom. The summed E-state index contributed by atoms with van der Waals surface area (Å²) in [5.74, 6) is 0. The highest BCUT2D eigenvalue weighted by molar-refractivity contribution is 5.57. The molecule has 1 aliphatic rings. The van der Waals surface area contributed by atoms with Crippen molar-refractivity contribution >= 4 is 5.69 Å². The van der Waals surface area contributed by atoms with Gasteiger partial charge in [-0.15, -0.1) is 0 Å². The van der Waals surface area contributed by atoms with Crippen LogP contribution in [0.3, 0.4) is 0 Å². The lowest BCUT2D eigenvalue weighted by Gasteiger charge is -2.41. The number of hydrogen-bond acceptors (Lipinski definition) is 3. The van der Waals surface area contributed by atoms with Crippen molar-refractivity contribution < 1.29 is 31.1 Å². The number of hydrogen-bond donors (Lipinski definition) is 1. The third-order valence-electron chi connectivity index (χ3n) is 6.18. The van der Waals surface area contributed by atoms with E-state index in [-0.39, 0.29) is 17.6 Å². The lowest BCUT2D eigenvalue weighted by Crippen LogP contribution is -2.56. The molecule has 2 atom stereocenters. The largest absolute Gasteiger partial charge is 0.430 e. The SMILES string of the molecule is CCCc1cc(C(OCc2ccccc2)(C(F)(F)F)C(F)(F)F)ccc1N1CC(C)NCC1C. The van der Waals surface area contributed by atoms with Crippen LogP contribution in [0, 0.1) is 0 Å². The number of benzene rings is 2. The van der Waals surface area contributed by atoms with Gasteiger partial charge < -0.3 is 15.0 Å². The predicted octanol–water partition coefficient (Wildman–Crippen LogP) is 6.36. The van der Waals surface area contributed by atoms with Crippen LogP contribution in [-0.2, 0) is 23.4 Å². The summed E-state index contributed by atoms with van der Waals surface area (Å²) in [4.78, 5) is 2.05. The number of nitrogens with zero attached hydrogens (tertiary/aromatic N) is 1. The maximum Gasteiger partial charge on any atom is 0.430 e. The number of ether oxygens (including phenoxy) is 1. The Morgan fingerprint density at radius 2 is 1.62 bits per heavy atom. The number of alkyl halides is 6. The first-order chi connectivity index (χ1) is 15.9. The van der Waals surface area contributed by atoms with Gasteiger partial charge in [0.1, 0.15) is 0 Å². The molecule has 3 rings (SSSR count). The van der Waals surface area contributed by atoms with Crippen molar-refractivity contribution in [3.8, 4) is 0 Å². The minimum absolute atomic E-state index is 0.0435. The highest BCUT2D eigenvalue weighted by Crippen LogP contribution is 2.54. The van der Waals surface area contributed by atoms with Crippen LogP contribution in [0.25, 0.3) is 0 Å². The van der Waals surface area contributed by atoms with Crippen molar-refractivity contribution in [1.29, 1.82) is 0 Å². The van der Waals surface area contributed by atoms with Gasteiger partial charge in [-0.25, -0.2) is 0 Å². The topological polar surface area (TPSA) is 24.5 Å². The molecular formula is C25H30F6N2O. The first-order valence-corrected chi connectivity index (χ1v) is 11.4. The van der Waals surface area contributed by atoms with Crippen molar-refractivity contribution in [2.24, 2.45) is 0 Å². The summed E-state index contributed by atoms with van der Waals surface area (Å²) in [7, 11) is 0. The number of rotatable bonds is 7. The van der Waals surface area contributed by atoms with Gasteiger partial charge in [-0.2, -0.15) is 26.3 Å². The van der Waals surface area contributed by atoms with Gasteiger partial charge >= 0.3 is 12.4 Å². The number of halogens is 6. The summed E-state index contributed by atoms with van der Waals surface area (Å²) < 4.78 is 90.5. The highest BCUT2D eigenvalue weighted by atomic mass is 19.4. The Balaban J connectivity index is 2.12. The second-order valence-corrected chi connectivity index (χ2v) is 8.86. The predicted molar refractivity (Wildman–Crippen MR) is 120 cm³/mol. The van der Waals surface area contributed by atoms with Crippen LogP contribution in [0.15, 0.2) is 48.5 Å². The van der Waals surface area contributed by atoms with E-state index in [2.05, 4.69) is 5.32 Å². The zero-order chi connectivity index (χ0) is 25.1. The molecule has 188 valence electrons. The second-order valence-electron chi connectivity index (χ2n) is 8.86. The maximum absolute atomic E-state index is 14.3. The van der Waals surface area contributed by atoms with Gasteiger partial charge in [-0.1, -0.05) is 55.8 Å². The fraction of sp³-hybridized carbons (Fsp3) is 0.520. The molecule has 0 amide bonds. The van der Waals surface area contributed by atoms with E-state index in [1.807, 2.05) is 25.7 Å². The fourth-order valence-electron chi connectivity index (χ4n) is 4.41. The van der Waals surface area contributed by atoms with E-state index in [0.29, 0.717) is 37.2 Å². The van der Waals surface area contributed by atoms with Gasteiger partial charge in [-0.3, -0.25) is 0 Å². The van der Waals surface area contributed by atoms with E-state index >= 15 is 0 Å². The van der Waals surface area contributed by atoms with Crippen molar-refractivity contribution in [2.45, 2.75) is 70.3 Å². The molecule has 1 fully saturated rings. The molecular weight excluding hydrogens is 458 g/mol. The van der Waals surface area contributed by atoms with Crippen LogP contribution in [0.2, 0.25) is 0 Å². The van der Waals surface area contributed by atoms with E-state index in [1.165, 1.54) is 30.3 Å². The van der Waals surface area contributed by atoms with Crippen molar-refractivity contribution in [2.75, 3.05) is 18.0 Å². The molecule has 2 unspecified atom stereocenters. The summed E-state index contributed by atoms with van der Waals surface area (Å²) >= 11 is 0. The van der Waals surface area contributed by atoms with E-state index in [9.17, 15) is 26.3 Å². The van der Waals surface area contributed by atoms with Crippen LogP contribution < -0.4 is 10.2 Å². The number of nitrogens with one attached hydrogen (secondary N) is 1. The first kappa shape index (κ1) is 26.3. The molecule has 0 bridgehead atoms. The van der Waals surface area contributed by atoms with Crippen LogP contribution in [0.5, 0.6) is 0 Å². The zero-order valence-electron chi connectivity index (χ0n) is 19.4. The quantitative estimate of drug-likeness (QED) is 0.459. The number of aryl methyl sites for hydroxylation is 1. The zero-order valence-corrected chi connectivity index (χ0v) is 19.4. The van der Waals surface area contributed by atoms with E-state index in [1.54, 1.807) is 6.07 Å². The number of anilines is 1. The van der Waals surface area contributed by atoms with Gasteiger partial charge in [0.2, 0.25) is 0 Å². The molecule has 1 aliphatic heterocycles. The summed E-state index contributed by atoms with van der Waals surface area (Å²) in [6.07, 6.45) is -10.5. The molecule has 1 N–H and O–H groups in total. The Bertz CT molecular complexity index is 931. The average molecular weight is 489 g/mol. The smallest absolute Gasteiger partial charge is 0.366 e. The molecule has 1 heterocycles. The normalized spacial score (nSPS) is 20.0. The minimum atomic E-state index is -5.72. The standard InChI is InChI=1S/C25H30F6N2O/c1-4-8-20-13-21(11-12-22(20)33-15-17(2)32-14-18(33)3)23(24(26,27)28,25(29,30)31)34-16-19-9-6-5-7-10-19/h5-7,9-13,17-18,32H,4,8,14-16H2,1-3H3. The summed E-state index contributed by atoms with van der Waals surface area (Å²) in [5.41, 5.74) is -4.07. The van der Waals surface area contributed by atoms with E-state index in [4.69, 9.17) is 4.74 Å². The van der Waals surface area contributed by atoms with Gasteiger partial charge in [0, 0.05) is 36.4 Å². The van der Waals surface area contributed by atoms with Crippen molar-refractivity contribution in [3.05, 3.63) is 65.2 Å². The molecule has 0 aromatic heterocycles. The molecule has 9 heteroatoms. The van der Waals surface area contributed by atoms with Gasteiger partial charge in [0.05, 0.1) is 6.61 Å². The monoisotopic (exact) mass is 488 g/mol. The van der Waals surface area contributed by atoms with Crippen molar-refractivity contribution in [1.82, 2.24) is 5.32 Å². The highest BCUT2D eigenvalue weighted by Gasteiger charge is 2.73. The molecule has 0 saturated carbocycles. The van der Waals surface area contributed by atoms with Crippen LogP contribution in [0.4, 0.5) is 32.0 Å². The van der Waals surface area contributed by atoms with Crippen LogP contribution in [-0.4, -0.2) is 37.5 Å².